The molecule has 3 N–H and O–H groups in total. The highest BCUT2D eigenvalue weighted by Gasteiger charge is 2.31. The molecule has 12 rings (SSSR count). The van der Waals surface area contributed by atoms with Crippen LogP contribution in [0.3, 0.4) is 0 Å². The van der Waals surface area contributed by atoms with E-state index in [4.69, 9.17) is 34.2 Å². The molecule has 0 bridgehead atoms. The molecule has 3 atom stereocenters. The minimum Gasteiger partial charge on any atom is -0.497 e. The van der Waals surface area contributed by atoms with Crippen LogP contribution in [-0.4, -0.2) is 140 Å². The third-order valence-electron chi connectivity index (χ3n) is 17.1. The maximum Gasteiger partial charge on any atom is 0.309 e. The second-order valence-electron chi connectivity index (χ2n) is 23.8. The van der Waals surface area contributed by atoms with Gasteiger partial charge < -0.3 is 44.2 Å². The number of fused-ring (bicyclic) bond motifs is 6. The van der Waals surface area contributed by atoms with E-state index < -0.39 is 5.97 Å². The number of carbonyl (C=O) groups excluding carboxylic acids is 5. The molecule has 0 radical (unpaired) electrons. The SMILES string of the molecule is CCOC(=O)C1CCC(=O)/C(=C/N(C)C)C1.CCOC(=O)C1CCC(=O)CC1.CCOC(=O)C1CCc2c(cnc3c2cnn3Cc2ccc(OC)cc2)C1.COc1ccc(Cn2ncc3c4c(cnc32)CC(C(=O)O)CC4)cc1.COc1ccc(Cn2nccc2N)cc1. The predicted octanol–water partition coefficient (Wildman–Crippen LogP) is 10.0. The van der Waals surface area contributed by atoms with E-state index in [1.807, 2.05) is 133 Å². The summed E-state index contributed by atoms with van der Waals surface area (Å²) in [4.78, 5) is 79.5. The molecule has 504 valence electrons. The van der Waals surface area contributed by atoms with Gasteiger partial charge in [0.2, 0.25) is 0 Å². The second kappa shape index (κ2) is 34.8. The molecular weight excluding hydrogens is 1210 g/mol. The van der Waals surface area contributed by atoms with Crippen molar-refractivity contribution in [1.82, 2.24) is 44.2 Å². The second-order valence-corrected chi connectivity index (χ2v) is 23.8. The van der Waals surface area contributed by atoms with E-state index in [1.54, 1.807) is 58.3 Å². The Bertz CT molecular complexity index is 3900. The normalized spacial score (nSPS) is 16.9. The summed E-state index contributed by atoms with van der Waals surface area (Å²) in [5.41, 5.74) is 16.2. The first-order valence-corrected chi connectivity index (χ1v) is 32.4. The fraction of sp³-hybridized carbons (Fsp3) is 0.431. The predicted molar refractivity (Wildman–Crippen MR) is 358 cm³/mol. The van der Waals surface area contributed by atoms with Crippen LogP contribution < -0.4 is 19.9 Å². The molecule has 2 fully saturated rings. The number of carboxylic acids is 1. The van der Waals surface area contributed by atoms with Crippen molar-refractivity contribution in [3.63, 3.8) is 0 Å². The number of hydrogen-bond donors (Lipinski definition) is 2. The fourth-order valence-corrected chi connectivity index (χ4v) is 11.9. The maximum absolute atomic E-state index is 12.1. The number of aliphatic carboxylic acids is 1. The van der Waals surface area contributed by atoms with Gasteiger partial charge in [-0.25, -0.2) is 24.0 Å². The number of benzene rings is 3. The van der Waals surface area contributed by atoms with Gasteiger partial charge in [0.15, 0.2) is 17.1 Å². The number of nitrogens with two attached hydrogens (primary N) is 1. The molecule has 23 nitrogen and oxygen atoms in total. The Morgan fingerprint density at radius 2 is 0.926 bits per heavy atom. The molecule has 0 saturated heterocycles. The van der Waals surface area contributed by atoms with Crippen molar-refractivity contribution >= 4 is 63.3 Å². The summed E-state index contributed by atoms with van der Waals surface area (Å²) in [6.45, 7) is 8.67. The van der Waals surface area contributed by atoms with Crippen LogP contribution >= 0.6 is 0 Å². The number of nitrogen functional groups attached to an aromatic ring is 1. The van der Waals surface area contributed by atoms with Crippen molar-refractivity contribution in [3.05, 3.63) is 161 Å². The van der Waals surface area contributed by atoms with Gasteiger partial charge in [0.1, 0.15) is 28.8 Å². The molecule has 0 aliphatic heterocycles. The number of anilines is 1. The van der Waals surface area contributed by atoms with Crippen LogP contribution in [0.25, 0.3) is 22.1 Å². The third kappa shape index (κ3) is 19.6. The molecule has 95 heavy (non-hydrogen) atoms. The van der Waals surface area contributed by atoms with Crippen LogP contribution in [0.4, 0.5) is 5.82 Å². The summed E-state index contributed by atoms with van der Waals surface area (Å²) in [5.74, 6) is 1.94. The monoisotopic (exact) mass is 1300 g/mol. The Morgan fingerprint density at radius 1 is 0.526 bits per heavy atom. The molecule has 4 aliphatic carbocycles. The van der Waals surface area contributed by atoms with Gasteiger partial charge in [-0.3, -0.25) is 28.8 Å². The zero-order chi connectivity index (χ0) is 68.0. The van der Waals surface area contributed by atoms with Crippen LogP contribution in [0.15, 0.2) is 122 Å². The van der Waals surface area contributed by atoms with Gasteiger partial charge in [0.25, 0.3) is 0 Å². The number of methoxy groups -OCH3 is 3. The lowest BCUT2D eigenvalue weighted by Gasteiger charge is -2.23. The number of pyridine rings is 2. The molecule has 5 heterocycles. The minimum absolute atomic E-state index is 0.0253. The van der Waals surface area contributed by atoms with Crippen LogP contribution in [0, 0.1) is 23.7 Å². The van der Waals surface area contributed by atoms with Gasteiger partial charge in [-0.15, -0.1) is 0 Å². The molecule has 4 aliphatic rings. The Hall–Kier alpha value is -9.93. The van der Waals surface area contributed by atoms with Gasteiger partial charge >= 0.3 is 23.9 Å². The van der Waals surface area contributed by atoms with E-state index in [1.165, 1.54) is 11.1 Å². The van der Waals surface area contributed by atoms with Gasteiger partial charge in [0.05, 0.1) is 103 Å². The van der Waals surface area contributed by atoms with Gasteiger partial charge in [-0.1, -0.05) is 36.4 Å². The van der Waals surface area contributed by atoms with Crippen LogP contribution in [0.2, 0.25) is 0 Å². The number of esters is 3. The highest BCUT2D eigenvalue weighted by Crippen LogP contribution is 2.34. The number of aryl methyl sites for hydroxylation is 2. The lowest BCUT2D eigenvalue weighted by atomic mass is 9.84. The molecular formula is C72H88N10O13. The average Bonchev–Trinajstić information content (AvgIpc) is 1.88. The summed E-state index contributed by atoms with van der Waals surface area (Å²) in [6, 6.07) is 25.5. The van der Waals surface area contributed by atoms with Gasteiger partial charge in [-0.2, -0.15) is 15.3 Å². The van der Waals surface area contributed by atoms with Crippen LogP contribution in [0.1, 0.15) is 118 Å². The Morgan fingerprint density at radius 3 is 1.34 bits per heavy atom. The number of carboxylic acid groups (broad SMARTS) is 1. The fourth-order valence-electron chi connectivity index (χ4n) is 11.9. The third-order valence-corrected chi connectivity index (χ3v) is 17.1. The minimum atomic E-state index is -0.721. The van der Waals surface area contributed by atoms with Crippen molar-refractivity contribution in [2.24, 2.45) is 23.7 Å². The van der Waals surface area contributed by atoms with E-state index in [-0.39, 0.29) is 53.1 Å². The first-order chi connectivity index (χ1) is 45.9. The quantitative estimate of drug-likeness (QED) is 0.0487. The van der Waals surface area contributed by atoms with Crippen molar-refractivity contribution in [3.8, 4) is 17.2 Å². The zero-order valence-corrected chi connectivity index (χ0v) is 55.7. The van der Waals surface area contributed by atoms with Gasteiger partial charge in [-0.05, 0) is 166 Å². The van der Waals surface area contributed by atoms with Crippen molar-refractivity contribution < 1.29 is 62.3 Å². The maximum atomic E-state index is 12.1. The summed E-state index contributed by atoms with van der Waals surface area (Å²) >= 11 is 0. The lowest BCUT2D eigenvalue weighted by molar-refractivity contribution is -0.150. The number of nitrogens with zero attached hydrogens (tertiary/aromatic N) is 9. The number of ether oxygens (including phenoxy) is 6. The highest BCUT2D eigenvalue weighted by atomic mass is 16.5. The molecule has 5 aromatic heterocycles. The average molecular weight is 1300 g/mol. The Balaban J connectivity index is 0.000000157. The number of Topliss-reactive ketones (excluding diaryl/α,β-unsaturated/α-hetero) is 2. The van der Waals surface area contributed by atoms with Crippen LogP contribution in [0.5, 0.6) is 17.2 Å². The molecule has 23 heteroatoms. The first kappa shape index (κ1) is 70.9. The lowest BCUT2D eigenvalue weighted by Crippen LogP contribution is -2.26. The highest BCUT2D eigenvalue weighted by molar-refractivity contribution is 5.97. The first-order valence-electron chi connectivity index (χ1n) is 32.4. The standard InChI is InChI=1S/C21H23N3O3.C19H19N3O3.C12H19NO3.C11H13N3O.C9H14O3/c1-3-27-21(25)15-6-9-18-16(10-15)11-22-20-19(18)12-23-24(20)13-14-4-7-17(26-2)8-5-14;1-25-15-5-2-12(3-6-15)11-22-18-17(10-21-22)16-7-4-13(19(23)24)8-14(16)9-20-18;1-4-16-12(15)9-5-6-11(14)10(7-9)8-13(2)3;1-15-10-4-2-9(3-5-10)8-14-11(12)6-7-13-14;1-2-12-9(11)7-3-5-8(10)6-4-7/h4-5,7-8,11-12,15H,3,6,9-10,13H2,1-2H3;2-3,5-6,9-10,13H,4,7-8,11H2,1H3,(H,23,24);8-9H,4-7H2,1-3H3;2-7H,8,12H2,1H3;7H,2-6H2,1H3/b;;10-8+;;. The zero-order valence-electron chi connectivity index (χ0n) is 55.7. The number of hydrogen-bond acceptors (Lipinski definition) is 19. The topological polar surface area (TPSA) is 287 Å². The Labute approximate surface area is 553 Å². The van der Waals surface area contributed by atoms with Gasteiger partial charge in [0, 0.05) is 68.3 Å². The van der Waals surface area contributed by atoms with E-state index in [0.717, 1.165) is 92.0 Å². The molecule has 2 saturated carbocycles. The number of aromatic nitrogens is 8. The van der Waals surface area contributed by atoms with Crippen LogP contribution in [-0.2, 0) is 88.3 Å². The summed E-state index contributed by atoms with van der Waals surface area (Å²) < 4.78 is 36.1. The Kier molecular flexibility index (Phi) is 26.0. The number of rotatable bonds is 17. The smallest absolute Gasteiger partial charge is 0.309 e. The van der Waals surface area contributed by atoms with E-state index in [0.29, 0.717) is 109 Å². The summed E-state index contributed by atoms with van der Waals surface area (Å²) in [5, 5.41) is 24.5. The number of ketones is 2. The van der Waals surface area contributed by atoms with Crippen molar-refractivity contribution in [2.45, 2.75) is 124 Å². The molecule has 3 aromatic carbocycles. The number of allylic oxidation sites excluding steroid dienone is 1. The number of carbonyl (C=O) groups is 6. The largest absolute Gasteiger partial charge is 0.497 e. The molecule has 0 amide bonds. The molecule has 3 unspecified atom stereocenters. The van der Waals surface area contributed by atoms with Crippen molar-refractivity contribution in [1.29, 1.82) is 0 Å². The molecule has 0 spiro atoms. The van der Waals surface area contributed by atoms with E-state index >= 15 is 0 Å². The summed E-state index contributed by atoms with van der Waals surface area (Å²) in [7, 11) is 8.70. The molecule has 8 aromatic rings. The van der Waals surface area contributed by atoms with Crippen molar-refractivity contribution in [2.75, 3.05) is 61.0 Å². The van der Waals surface area contributed by atoms with E-state index in [9.17, 15) is 33.9 Å². The summed E-state index contributed by atoms with van der Waals surface area (Å²) in [6.07, 6.45) is 19.3. The van der Waals surface area contributed by atoms with E-state index in [2.05, 4.69) is 25.3 Å².